The molecule has 2 aromatic rings. The molecule has 0 spiro atoms. The van der Waals surface area contributed by atoms with Gasteiger partial charge >= 0.3 is 0 Å². The maximum Gasteiger partial charge on any atom is 0.261 e. The monoisotopic (exact) mass is 329 g/mol. The van der Waals surface area contributed by atoms with Crippen molar-refractivity contribution in [3.63, 3.8) is 0 Å². The lowest BCUT2D eigenvalue weighted by Crippen LogP contribution is -2.33. The molecule has 2 heterocycles. The predicted molar refractivity (Wildman–Crippen MR) is 77.0 cm³/mol. The molecule has 2 aromatic heterocycles. The van der Waals surface area contributed by atoms with Gasteiger partial charge in [-0.15, -0.1) is 11.3 Å². The van der Waals surface area contributed by atoms with Crippen LogP contribution in [0.2, 0.25) is 0 Å². The molecule has 0 aromatic carbocycles. The minimum atomic E-state index is 0.00318. The number of rotatable bonds is 4. The molecule has 5 heteroatoms. The molecular weight excluding hydrogens is 318 g/mol. The highest BCUT2D eigenvalue weighted by Crippen LogP contribution is 2.22. The molecule has 0 saturated heterocycles. The van der Waals surface area contributed by atoms with Crippen LogP contribution in [0.3, 0.4) is 0 Å². The topological polar surface area (TPSA) is 29.1 Å². The Morgan fingerprint density at radius 3 is 2.88 bits per heavy atom. The van der Waals surface area contributed by atoms with E-state index < -0.39 is 0 Å². The Morgan fingerprint density at radius 2 is 2.29 bits per heavy atom. The number of amides is 1. The van der Waals surface area contributed by atoms with Gasteiger partial charge in [-0.2, -0.15) is 11.3 Å². The summed E-state index contributed by atoms with van der Waals surface area (Å²) >= 11 is 6.49. The summed E-state index contributed by atoms with van der Waals surface area (Å²) in [5.74, 6) is 0.00318. The molecule has 1 amide bonds. The van der Waals surface area contributed by atoms with Gasteiger partial charge in [0.05, 0.1) is 8.66 Å². The highest BCUT2D eigenvalue weighted by Gasteiger charge is 2.12. The van der Waals surface area contributed by atoms with Gasteiger partial charge in [-0.25, -0.2) is 0 Å². The lowest BCUT2D eigenvalue weighted by molar-refractivity contribution is 0.0944. The van der Waals surface area contributed by atoms with Gasteiger partial charge in [0, 0.05) is 6.04 Å². The Labute approximate surface area is 117 Å². The van der Waals surface area contributed by atoms with Gasteiger partial charge in [0.1, 0.15) is 0 Å². The van der Waals surface area contributed by atoms with Crippen LogP contribution in [-0.4, -0.2) is 11.9 Å². The summed E-state index contributed by atoms with van der Waals surface area (Å²) < 4.78 is 0.980. The Balaban J connectivity index is 1.90. The third-order valence-corrected chi connectivity index (χ3v) is 4.65. The van der Waals surface area contributed by atoms with Gasteiger partial charge in [-0.3, -0.25) is 4.79 Å². The SMILES string of the molecule is CC(Cc1ccsc1)NC(=O)c1ccc(Br)s1. The molecule has 0 aliphatic rings. The second-order valence-electron chi connectivity index (χ2n) is 3.81. The van der Waals surface area contributed by atoms with Crippen LogP contribution in [0, 0.1) is 0 Å². The smallest absolute Gasteiger partial charge is 0.261 e. The molecule has 0 aliphatic heterocycles. The Bertz CT molecular complexity index is 492. The minimum absolute atomic E-state index is 0.00318. The van der Waals surface area contributed by atoms with Gasteiger partial charge in [-0.1, -0.05) is 0 Å². The van der Waals surface area contributed by atoms with Crippen LogP contribution < -0.4 is 5.32 Å². The van der Waals surface area contributed by atoms with E-state index in [1.54, 1.807) is 11.3 Å². The van der Waals surface area contributed by atoms with Crippen LogP contribution in [0.4, 0.5) is 0 Å². The average molecular weight is 330 g/mol. The fraction of sp³-hybridized carbons (Fsp3) is 0.250. The molecule has 17 heavy (non-hydrogen) atoms. The van der Waals surface area contributed by atoms with Gasteiger partial charge in [0.25, 0.3) is 5.91 Å². The summed E-state index contributed by atoms with van der Waals surface area (Å²) in [6, 6.07) is 5.97. The van der Waals surface area contributed by atoms with Crippen molar-refractivity contribution < 1.29 is 4.79 Å². The first-order valence-electron chi connectivity index (χ1n) is 5.22. The Hall–Kier alpha value is -0.650. The predicted octanol–water partition coefficient (Wildman–Crippen LogP) is 3.93. The average Bonchev–Trinajstić information content (AvgIpc) is 2.89. The normalized spacial score (nSPS) is 12.4. The molecule has 1 atom stereocenters. The maximum absolute atomic E-state index is 11.9. The quantitative estimate of drug-likeness (QED) is 0.904. The van der Waals surface area contributed by atoms with Gasteiger partial charge in [0.2, 0.25) is 0 Å². The Kier molecular flexibility index (Phi) is 4.36. The van der Waals surface area contributed by atoms with Gasteiger partial charge in [-0.05, 0) is 63.8 Å². The summed E-state index contributed by atoms with van der Waals surface area (Å²) in [6.45, 7) is 2.03. The molecule has 0 fully saturated rings. The summed E-state index contributed by atoms with van der Waals surface area (Å²) in [6.07, 6.45) is 0.877. The first-order valence-corrected chi connectivity index (χ1v) is 7.77. The summed E-state index contributed by atoms with van der Waals surface area (Å²) in [5, 5.41) is 7.17. The third-order valence-electron chi connectivity index (χ3n) is 2.30. The molecular formula is C12H12BrNOS2. The van der Waals surface area contributed by atoms with Gasteiger partial charge < -0.3 is 5.32 Å². The van der Waals surface area contributed by atoms with E-state index in [2.05, 4.69) is 38.1 Å². The van der Waals surface area contributed by atoms with Crippen molar-refractivity contribution in [1.82, 2.24) is 5.32 Å². The number of thiophene rings is 2. The molecule has 0 saturated carbocycles. The fourth-order valence-corrected chi connectivity index (χ4v) is 3.52. The standard InChI is InChI=1S/C12H12BrNOS2/c1-8(6-9-4-5-16-7-9)14-12(15)10-2-3-11(13)17-10/h2-5,7-8H,6H2,1H3,(H,14,15). The van der Waals surface area contributed by atoms with E-state index in [0.717, 1.165) is 15.1 Å². The fourth-order valence-electron chi connectivity index (χ4n) is 1.54. The van der Waals surface area contributed by atoms with Crippen molar-refractivity contribution in [1.29, 1.82) is 0 Å². The van der Waals surface area contributed by atoms with Crippen LogP contribution in [-0.2, 0) is 6.42 Å². The molecule has 0 radical (unpaired) electrons. The summed E-state index contributed by atoms with van der Waals surface area (Å²) in [7, 11) is 0. The van der Waals surface area contributed by atoms with Crippen molar-refractivity contribution in [3.05, 3.63) is 43.2 Å². The van der Waals surface area contributed by atoms with Gasteiger partial charge in [0.15, 0.2) is 0 Å². The molecule has 1 N–H and O–H groups in total. The lowest BCUT2D eigenvalue weighted by Gasteiger charge is -2.12. The van der Waals surface area contributed by atoms with E-state index in [4.69, 9.17) is 0 Å². The van der Waals surface area contributed by atoms with E-state index in [0.29, 0.717) is 0 Å². The van der Waals surface area contributed by atoms with Crippen LogP contribution in [0.15, 0.2) is 32.7 Å². The van der Waals surface area contributed by atoms with Crippen molar-refractivity contribution >= 4 is 44.5 Å². The zero-order valence-electron chi connectivity index (χ0n) is 9.27. The highest BCUT2D eigenvalue weighted by molar-refractivity contribution is 9.11. The summed E-state index contributed by atoms with van der Waals surface area (Å²) in [5.41, 5.74) is 1.27. The maximum atomic E-state index is 11.9. The van der Waals surface area contributed by atoms with Crippen LogP contribution >= 0.6 is 38.6 Å². The van der Waals surface area contributed by atoms with Crippen LogP contribution in [0.1, 0.15) is 22.2 Å². The van der Waals surface area contributed by atoms with Crippen molar-refractivity contribution in [2.24, 2.45) is 0 Å². The van der Waals surface area contributed by atoms with E-state index >= 15 is 0 Å². The number of hydrogen-bond donors (Lipinski definition) is 1. The number of nitrogens with one attached hydrogen (secondary N) is 1. The number of halogens is 1. The second kappa shape index (κ2) is 5.80. The highest BCUT2D eigenvalue weighted by atomic mass is 79.9. The van der Waals surface area contributed by atoms with Crippen molar-refractivity contribution in [2.75, 3.05) is 0 Å². The summed E-state index contributed by atoms with van der Waals surface area (Å²) in [4.78, 5) is 12.6. The number of carbonyl (C=O) groups is 1. The second-order valence-corrected chi connectivity index (χ2v) is 7.06. The molecule has 0 aliphatic carbocycles. The van der Waals surface area contributed by atoms with E-state index in [1.165, 1.54) is 16.9 Å². The van der Waals surface area contributed by atoms with Crippen LogP contribution in [0.25, 0.3) is 0 Å². The number of carbonyl (C=O) groups excluding carboxylic acids is 1. The molecule has 2 rings (SSSR count). The van der Waals surface area contributed by atoms with Crippen LogP contribution in [0.5, 0.6) is 0 Å². The van der Waals surface area contributed by atoms with E-state index in [1.807, 2.05) is 19.1 Å². The van der Waals surface area contributed by atoms with E-state index in [-0.39, 0.29) is 11.9 Å². The first-order chi connectivity index (χ1) is 8.15. The zero-order chi connectivity index (χ0) is 12.3. The lowest BCUT2D eigenvalue weighted by atomic mass is 10.1. The van der Waals surface area contributed by atoms with Crippen molar-refractivity contribution in [2.45, 2.75) is 19.4 Å². The van der Waals surface area contributed by atoms with E-state index in [9.17, 15) is 4.79 Å². The molecule has 2 nitrogen and oxygen atoms in total. The first kappa shape index (κ1) is 12.8. The minimum Gasteiger partial charge on any atom is -0.349 e. The largest absolute Gasteiger partial charge is 0.349 e. The molecule has 1 unspecified atom stereocenters. The molecule has 90 valence electrons. The molecule has 0 bridgehead atoms. The zero-order valence-corrected chi connectivity index (χ0v) is 12.5. The van der Waals surface area contributed by atoms with Crippen molar-refractivity contribution in [3.8, 4) is 0 Å². The third kappa shape index (κ3) is 3.66. The Morgan fingerprint density at radius 1 is 1.47 bits per heavy atom. The number of hydrogen-bond acceptors (Lipinski definition) is 3.